The van der Waals surface area contributed by atoms with Gasteiger partial charge < -0.3 is 10.9 Å². The zero-order valence-corrected chi connectivity index (χ0v) is 23.8. The number of hydrogen-bond donors (Lipinski definition) is 1. The Balaban J connectivity index is -0.000000371. The first-order valence-corrected chi connectivity index (χ1v) is 14.5. The fourth-order valence-corrected chi connectivity index (χ4v) is 2.05. The van der Waals surface area contributed by atoms with Crippen molar-refractivity contribution in [3.05, 3.63) is 88.5 Å². The summed E-state index contributed by atoms with van der Waals surface area (Å²) in [7, 11) is -1.61. The van der Waals surface area contributed by atoms with Crippen LogP contribution >= 0.6 is 0 Å². The third-order valence-electron chi connectivity index (χ3n) is 3.70. The van der Waals surface area contributed by atoms with E-state index < -0.39 is 8.32 Å². The van der Waals surface area contributed by atoms with Crippen LogP contribution in [0.25, 0.3) is 0 Å². The summed E-state index contributed by atoms with van der Waals surface area (Å²) < 4.78 is 0. The van der Waals surface area contributed by atoms with Gasteiger partial charge in [-0.3, -0.25) is 0 Å². The summed E-state index contributed by atoms with van der Waals surface area (Å²) in [5.41, 5.74) is 1.47. The third-order valence-corrected chi connectivity index (χ3v) is 3.70. The van der Waals surface area contributed by atoms with Crippen LogP contribution in [0.15, 0.2) is 18.2 Å². The van der Waals surface area contributed by atoms with Crippen LogP contribution in [0.1, 0.15) is 59.3 Å². The first-order valence-electron chi connectivity index (χ1n) is 11.0. The summed E-state index contributed by atoms with van der Waals surface area (Å²) in [5.74, 6) is 0.512. The van der Waals surface area contributed by atoms with Gasteiger partial charge in [-0.1, -0.05) is 59.0 Å². The van der Waals surface area contributed by atoms with Gasteiger partial charge in [0.25, 0.3) is 0 Å². The molecule has 0 aromatic heterocycles. The first kappa shape index (κ1) is 35.1. The van der Waals surface area contributed by atoms with E-state index in [-0.39, 0.29) is 26.2 Å². The summed E-state index contributed by atoms with van der Waals surface area (Å²) in [5, 5.41) is 0. The van der Waals surface area contributed by atoms with Gasteiger partial charge in [-0.15, -0.1) is 6.58 Å². The van der Waals surface area contributed by atoms with E-state index in [4.69, 9.17) is 4.80 Å². The molecule has 0 bridgehead atoms. The number of rotatable bonds is 8. The van der Waals surface area contributed by atoms with Crippen LogP contribution in [0.5, 0.6) is 0 Å². The minimum atomic E-state index is -1.61. The second-order valence-corrected chi connectivity index (χ2v) is 12.4. The minimum Gasteiger partial charge on any atom is -0.497 e. The molecule has 0 saturated heterocycles. The van der Waals surface area contributed by atoms with Crippen molar-refractivity contribution in [3.8, 4) is 0 Å². The van der Waals surface area contributed by atoms with Gasteiger partial charge in [0.2, 0.25) is 0 Å². The van der Waals surface area contributed by atoms with E-state index in [2.05, 4.69) is 33.4 Å². The molecule has 0 heterocycles. The molecule has 0 amide bonds. The molecule has 3 heteroatoms. The van der Waals surface area contributed by atoms with E-state index in [1.807, 2.05) is 89.9 Å². The van der Waals surface area contributed by atoms with Crippen molar-refractivity contribution < 1.29 is 31.0 Å². The summed E-state index contributed by atoms with van der Waals surface area (Å²) in [6.07, 6.45) is 33.0. The molecule has 1 nitrogen and oxygen atoms in total. The fraction of sp³-hybridized carbons (Fsp3) is 0.481. The Labute approximate surface area is 211 Å². The number of hydrogen-bond acceptors (Lipinski definition) is 1. The van der Waals surface area contributed by atoms with Gasteiger partial charge in [-0.2, -0.15) is 6.42 Å². The second-order valence-electron chi connectivity index (χ2n) is 8.03. The first-order chi connectivity index (χ1) is 13.8. The Morgan fingerprint density at radius 1 is 0.867 bits per heavy atom. The maximum atomic E-state index is 8.66. The smallest absolute Gasteiger partial charge is 0.179 e. The third kappa shape index (κ3) is 33.2. The molecular weight excluding hydrogens is 460 g/mol. The Hall–Kier alpha value is 0.540. The van der Waals surface area contributed by atoms with Crippen molar-refractivity contribution in [2.45, 2.75) is 78.9 Å². The molecule has 30 heavy (non-hydrogen) atoms. The number of allylic oxidation sites excluding steroid dienone is 3. The largest absolute Gasteiger partial charge is 0.497 e. The molecule has 0 aliphatic heterocycles. The normalized spacial score (nSPS) is 16.6. The van der Waals surface area contributed by atoms with Crippen LogP contribution in [0, 0.1) is 76.2 Å². The molecule has 2 rings (SSSR count). The zero-order valence-electron chi connectivity index (χ0n) is 20.3. The molecule has 0 aromatic rings. The summed E-state index contributed by atoms with van der Waals surface area (Å²) in [4.78, 5) is 8.66. The van der Waals surface area contributed by atoms with E-state index >= 15 is 0 Å². The van der Waals surface area contributed by atoms with Crippen molar-refractivity contribution in [2.75, 3.05) is 0 Å². The molecule has 1 unspecified atom stereocenters. The van der Waals surface area contributed by atoms with Gasteiger partial charge in [-0.05, 0) is 89.8 Å². The van der Waals surface area contributed by atoms with E-state index in [0.717, 1.165) is 6.42 Å². The van der Waals surface area contributed by atoms with Gasteiger partial charge in [0.1, 0.15) is 0 Å². The van der Waals surface area contributed by atoms with Gasteiger partial charge >= 0.3 is 0 Å². The van der Waals surface area contributed by atoms with E-state index in [1.54, 1.807) is 0 Å². The van der Waals surface area contributed by atoms with Gasteiger partial charge in [0.05, 0.1) is 0 Å². The van der Waals surface area contributed by atoms with Crippen molar-refractivity contribution in [1.29, 1.82) is 0 Å². The molecule has 1 N–H and O–H groups in total. The Morgan fingerprint density at radius 3 is 1.47 bits per heavy atom. The van der Waals surface area contributed by atoms with Crippen molar-refractivity contribution in [3.63, 3.8) is 0 Å². The van der Waals surface area contributed by atoms with Crippen LogP contribution < -0.4 is 0 Å². The minimum absolute atomic E-state index is 0. The monoisotopic (exact) mass is 503 g/mol. The average Bonchev–Trinajstić information content (AvgIpc) is 3.41. The second kappa shape index (κ2) is 25.8. The van der Waals surface area contributed by atoms with E-state index in [1.165, 1.54) is 37.7 Å². The molecule has 2 fully saturated rings. The van der Waals surface area contributed by atoms with Gasteiger partial charge in [-0.25, -0.2) is 5.57 Å². The van der Waals surface area contributed by atoms with Crippen LogP contribution in [0.4, 0.5) is 0 Å². The Morgan fingerprint density at radius 2 is 1.20 bits per heavy atom. The fourth-order valence-electron chi connectivity index (χ4n) is 2.05. The Bertz CT molecular complexity index is 334. The maximum Gasteiger partial charge on any atom is 0.179 e. The summed E-state index contributed by atoms with van der Waals surface area (Å²) >= 11 is 0. The molecule has 1 atom stereocenters. The van der Waals surface area contributed by atoms with Crippen LogP contribution in [0.3, 0.4) is 0 Å². The van der Waals surface area contributed by atoms with E-state index in [9.17, 15) is 0 Å². The van der Waals surface area contributed by atoms with Crippen molar-refractivity contribution in [1.82, 2.24) is 0 Å². The van der Waals surface area contributed by atoms with Crippen LogP contribution in [-0.2, 0) is 26.2 Å². The number of unbranched alkanes of at least 4 members (excludes halogenated alkanes) is 3. The molecule has 2 aliphatic rings. The van der Waals surface area contributed by atoms with Gasteiger partial charge in [0.15, 0.2) is 8.32 Å². The quantitative estimate of drug-likeness (QED) is 0.155. The molecule has 2 saturated carbocycles. The standard InChI is InChI=1S/C14H25.2C5H5.C3H10OSi.Zr/c1-5-8-10-12-14(11-9-6-2)13(4)7-3;2*1-2-4-5-3-1;1-5(2,3)4;/h7,13H,3,5-6,8-11H2,1-2,4H3;2*1-5H;4H,1-3H3;/q-1;;;;. The zero-order chi connectivity index (χ0) is 22.4. The molecule has 2 aliphatic carbocycles. The molecule has 168 valence electrons. The van der Waals surface area contributed by atoms with Crippen LogP contribution in [0.2, 0.25) is 19.6 Å². The van der Waals surface area contributed by atoms with Crippen molar-refractivity contribution >= 4 is 8.32 Å². The Kier molecular flexibility index (Phi) is 30.2. The van der Waals surface area contributed by atoms with Crippen molar-refractivity contribution in [2.24, 2.45) is 5.92 Å². The molecule has 10 radical (unpaired) electrons. The molecular formula is C27H45OSiZr-. The summed E-state index contributed by atoms with van der Waals surface area (Å²) in [6, 6.07) is 0. The van der Waals surface area contributed by atoms with Gasteiger partial charge in [0, 0.05) is 26.2 Å². The van der Waals surface area contributed by atoms with Crippen LogP contribution in [-0.4, -0.2) is 13.1 Å². The van der Waals surface area contributed by atoms with E-state index in [0.29, 0.717) is 5.92 Å². The predicted octanol–water partition coefficient (Wildman–Crippen LogP) is 7.77. The average molecular weight is 505 g/mol. The predicted molar refractivity (Wildman–Crippen MR) is 134 cm³/mol. The SMILES string of the molecule is C=CC(C)C(=[C-]CCCC)CCCC.C[Si](C)(C)O.[CH]1[CH][CH][CH][CH]1.[CH]1[CH][CH][CH][CH]1.[Zr]. The molecule has 0 spiro atoms. The maximum absolute atomic E-state index is 8.66. The topological polar surface area (TPSA) is 20.2 Å². The molecule has 0 aromatic carbocycles. The summed E-state index contributed by atoms with van der Waals surface area (Å²) in [6.45, 7) is 16.2.